The maximum atomic E-state index is 9.72. The molecule has 1 atom stereocenters. The molecule has 0 bridgehead atoms. The molecule has 2 rings (SSSR count). The van der Waals surface area contributed by atoms with Gasteiger partial charge in [0.1, 0.15) is 6.07 Å². The van der Waals surface area contributed by atoms with Crippen molar-refractivity contribution >= 4 is 10.8 Å². The van der Waals surface area contributed by atoms with Gasteiger partial charge in [0.2, 0.25) is 0 Å². The molecule has 0 aliphatic heterocycles. The van der Waals surface area contributed by atoms with E-state index in [1.165, 1.54) is 0 Å². The number of nitrogens with zero attached hydrogens (tertiary/aromatic N) is 1. The van der Waals surface area contributed by atoms with Crippen molar-refractivity contribution in [1.29, 1.82) is 5.26 Å². The predicted octanol–water partition coefficient (Wildman–Crippen LogP) is 2.84. The van der Waals surface area contributed by atoms with Gasteiger partial charge in [-0.05, 0) is 29.8 Å². The predicted molar refractivity (Wildman–Crippen MR) is 61.3 cm³/mol. The summed E-state index contributed by atoms with van der Waals surface area (Å²) in [4.78, 5) is 0. The lowest BCUT2D eigenvalue weighted by atomic mass is 10.1. The van der Waals surface area contributed by atoms with Crippen molar-refractivity contribution in [2.45, 2.75) is 13.0 Å². The Morgan fingerprint density at radius 2 is 1.88 bits per heavy atom. The molecule has 1 N–H and O–H groups in total. The van der Waals surface area contributed by atoms with Crippen LogP contribution in [0.25, 0.3) is 10.8 Å². The minimum atomic E-state index is -0.577. The summed E-state index contributed by atoms with van der Waals surface area (Å²) in [6.45, 7) is 1.63. The number of phenols is 1. The van der Waals surface area contributed by atoms with E-state index in [-0.39, 0.29) is 5.75 Å². The second-order valence-corrected chi connectivity index (χ2v) is 3.56. The summed E-state index contributed by atoms with van der Waals surface area (Å²) in [6.07, 6.45) is -0.577. The summed E-state index contributed by atoms with van der Waals surface area (Å²) in [5, 5.41) is 20.3. The molecule has 0 heterocycles. The summed E-state index contributed by atoms with van der Waals surface area (Å²) >= 11 is 0. The quantitative estimate of drug-likeness (QED) is 0.834. The highest BCUT2D eigenvalue weighted by Crippen LogP contribution is 2.31. The maximum Gasteiger partial charge on any atom is 0.181 e. The Morgan fingerprint density at radius 1 is 1.25 bits per heavy atom. The van der Waals surface area contributed by atoms with Crippen LogP contribution in [0.3, 0.4) is 0 Å². The lowest BCUT2D eigenvalue weighted by Crippen LogP contribution is -2.08. The van der Waals surface area contributed by atoms with E-state index < -0.39 is 6.10 Å². The van der Waals surface area contributed by atoms with Crippen molar-refractivity contribution in [3.05, 3.63) is 36.4 Å². The normalized spacial score (nSPS) is 12.0. The SMILES string of the molecule is CC(C#N)Oc1cc2ccccc2cc1O. The van der Waals surface area contributed by atoms with E-state index in [0.717, 1.165) is 10.8 Å². The molecular weight excluding hydrogens is 202 g/mol. The van der Waals surface area contributed by atoms with Crippen molar-refractivity contribution in [2.75, 3.05) is 0 Å². The number of fused-ring (bicyclic) bond motifs is 1. The van der Waals surface area contributed by atoms with Crippen molar-refractivity contribution in [3.8, 4) is 17.6 Å². The molecule has 0 aliphatic rings. The highest BCUT2D eigenvalue weighted by Gasteiger charge is 2.08. The minimum Gasteiger partial charge on any atom is -0.504 e. The summed E-state index contributed by atoms with van der Waals surface area (Å²) < 4.78 is 5.29. The summed E-state index contributed by atoms with van der Waals surface area (Å²) in [5.74, 6) is 0.397. The van der Waals surface area contributed by atoms with Crippen molar-refractivity contribution in [2.24, 2.45) is 0 Å². The Balaban J connectivity index is 2.47. The van der Waals surface area contributed by atoms with E-state index in [1.807, 2.05) is 30.3 Å². The fourth-order valence-electron chi connectivity index (χ4n) is 1.52. The van der Waals surface area contributed by atoms with Gasteiger partial charge in [-0.25, -0.2) is 0 Å². The molecule has 1 unspecified atom stereocenters. The average Bonchev–Trinajstić information content (AvgIpc) is 2.30. The van der Waals surface area contributed by atoms with E-state index in [1.54, 1.807) is 19.1 Å². The highest BCUT2D eigenvalue weighted by atomic mass is 16.5. The summed E-state index contributed by atoms with van der Waals surface area (Å²) in [5.41, 5.74) is 0. The van der Waals surface area contributed by atoms with Gasteiger partial charge in [-0.3, -0.25) is 0 Å². The van der Waals surface area contributed by atoms with E-state index in [4.69, 9.17) is 10.00 Å². The van der Waals surface area contributed by atoms with Crippen LogP contribution in [-0.4, -0.2) is 11.2 Å². The fraction of sp³-hybridized carbons (Fsp3) is 0.154. The molecular formula is C13H11NO2. The molecule has 0 saturated carbocycles. The molecule has 3 heteroatoms. The lowest BCUT2D eigenvalue weighted by Gasteiger charge is -2.10. The molecule has 3 nitrogen and oxygen atoms in total. The Hall–Kier alpha value is -2.21. The van der Waals surface area contributed by atoms with Gasteiger partial charge in [-0.1, -0.05) is 24.3 Å². The van der Waals surface area contributed by atoms with E-state index in [0.29, 0.717) is 5.75 Å². The zero-order valence-electron chi connectivity index (χ0n) is 8.84. The molecule has 0 aliphatic carbocycles. The summed E-state index contributed by atoms with van der Waals surface area (Å²) in [6, 6.07) is 13.0. The Bertz CT molecular complexity index is 557. The van der Waals surface area contributed by atoms with E-state index in [9.17, 15) is 5.11 Å². The molecule has 2 aromatic carbocycles. The molecule has 0 spiro atoms. The first-order valence-corrected chi connectivity index (χ1v) is 4.99. The van der Waals surface area contributed by atoms with Crippen molar-refractivity contribution in [1.82, 2.24) is 0 Å². The Kier molecular flexibility index (Phi) is 2.65. The van der Waals surface area contributed by atoms with E-state index >= 15 is 0 Å². The topological polar surface area (TPSA) is 53.2 Å². The molecule has 0 fully saturated rings. The second kappa shape index (κ2) is 4.11. The Morgan fingerprint density at radius 3 is 2.50 bits per heavy atom. The van der Waals surface area contributed by atoms with Crippen molar-refractivity contribution in [3.63, 3.8) is 0 Å². The zero-order chi connectivity index (χ0) is 11.5. The van der Waals surface area contributed by atoms with Gasteiger partial charge < -0.3 is 9.84 Å². The number of nitriles is 1. The Labute approximate surface area is 93.5 Å². The van der Waals surface area contributed by atoms with Crippen molar-refractivity contribution < 1.29 is 9.84 Å². The standard InChI is InChI=1S/C13H11NO2/c1-9(8-14)16-13-7-11-5-3-2-4-10(11)6-12(13)15/h2-7,9,15H,1H3. The lowest BCUT2D eigenvalue weighted by molar-refractivity contribution is 0.263. The number of aromatic hydroxyl groups is 1. The van der Waals surface area contributed by atoms with Crippen LogP contribution in [-0.2, 0) is 0 Å². The van der Waals surface area contributed by atoms with Gasteiger partial charge in [0, 0.05) is 0 Å². The van der Waals surface area contributed by atoms with Gasteiger partial charge in [-0.2, -0.15) is 5.26 Å². The number of ether oxygens (including phenoxy) is 1. The first-order valence-electron chi connectivity index (χ1n) is 4.99. The van der Waals surface area contributed by atoms with Crippen LogP contribution in [0.4, 0.5) is 0 Å². The number of benzene rings is 2. The number of hydrogen-bond acceptors (Lipinski definition) is 3. The van der Waals surface area contributed by atoms with Crippen LogP contribution in [0.15, 0.2) is 36.4 Å². The summed E-state index contributed by atoms with van der Waals surface area (Å²) in [7, 11) is 0. The number of phenolic OH excluding ortho intramolecular Hbond substituents is 1. The number of hydrogen-bond donors (Lipinski definition) is 1. The van der Waals surface area contributed by atoms with Gasteiger partial charge >= 0.3 is 0 Å². The largest absolute Gasteiger partial charge is 0.504 e. The monoisotopic (exact) mass is 213 g/mol. The second-order valence-electron chi connectivity index (χ2n) is 3.56. The van der Waals surface area contributed by atoms with Crippen LogP contribution in [0.2, 0.25) is 0 Å². The van der Waals surface area contributed by atoms with Crippen LogP contribution in [0.5, 0.6) is 11.5 Å². The molecule has 0 saturated heterocycles. The first kappa shape index (κ1) is 10.3. The van der Waals surface area contributed by atoms with E-state index in [2.05, 4.69) is 0 Å². The zero-order valence-corrected chi connectivity index (χ0v) is 8.84. The maximum absolute atomic E-state index is 9.72. The third kappa shape index (κ3) is 1.91. The third-order valence-electron chi connectivity index (χ3n) is 2.31. The highest BCUT2D eigenvalue weighted by molar-refractivity contribution is 5.85. The number of rotatable bonds is 2. The van der Waals surface area contributed by atoms with Gasteiger partial charge in [-0.15, -0.1) is 0 Å². The average molecular weight is 213 g/mol. The smallest absolute Gasteiger partial charge is 0.181 e. The molecule has 0 radical (unpaired) electrons. The molecule has 80 valence electrons. The van der Waals surface area contributed by atoms with Crippen LogP contribution in [0, 0.1) is 11.3 Å². The fourth-order valence-corrected chi connectivity index (χ4v) is 1.52. The minimum absolute atomic E-state index is 0.0563. The van der Waals surface area contributed by atoms with Gasteiger partial charge in [0.05, 0.1) is 0 Å². The van der Waals surface area contributed by atoms with Crippen LogP contribution in [0.1, 0.15) is 6.92 Å². The van der Waals surface area contributed by atoms with Crippen LogP contribution >= 0.6 is 0 Å². The van der Waals surface area contributed by atoms with Crippen LogP contribution < -0.4 is 4.74 Å². The molecule has 2 aromatic rings. The first-order chi connectivity index (χ1) is 7.70. The molecule has 16 heavy (non-hydrogen) atoms. The molecule has 0 amide bonds. The van der Waals surface area contributed by atoms with Gasteiger partial charge in [0.15, 0.2) is 17.6 Å². The van der Waals surface area contributed by atoms with Gasteiger partial charge in [0.25, 0.3) is 0 Å². The third-order valence-corrected chi connectivity index (χ3v) is 2.31. The molecule has 0 aromatic heterocycles.